The number of hydrogen-bond donors (Lipinski definition) is 2. The van der Waals surface area contributed by atoms with E-state index in [1.54, 1.807) is 26.7 Å². The summed E-state index contributed by atoms with van der Waals surface area (Å²) >= 11 is 0. The van der Waals surface area contributed by atoms with E-state index in [2.05, 4.69) is 5.32 Å². The minimum absolute atomic E-state index is 0.196. The third-order valence-corrected chi connectivity index (χ3v) is 5.30. The van der Waals surface area contributed by atoms with Crippen molar-refractivity contribution in [1.82, 2.24) is 10.2 Å². The van der Waals surface area contributed by atoms with E-state index in [-0.39, 0.29) is 24.7 Å². The van der Waals surface area contributed by atoms with Crippen molar-refractivity contribution in [3.8, 4) is 0 Å². The van der Waals surface area contributed by atoms with E-state index in [0.717, 1.165) is 16.7 Å². The van der Waals surface area contributed by atoms with Crippen molar-refractivity contribution in [3.63, 3.8) is 0 Å². The van der Waals surface area contributed by atoms with Crippen molar-refractivity contribution in [2.24, 2.45) is 0 Å². The van der Waals surface area contributed by atoms with Crippen LogP contribution in [0, 0.1) is 6.92 Å². The Labute approximate surface area is 167 Å². The summed E-state index contributed by atoms with van der Waals surface area (Å²) in [6.45, 7) is 8.49. The van der Waals surface area contributed by atoms with Crippen LogP contribution >= 0.6 is 0 Å². The van der Waals surface area contributed by atoms with Crippen LogP contribution in [0.2, 0.25) is 0 Å². The van der Waals surface area contributed by atoms with Crippen molar-refractivity contribution in [2.75, 3.05) is 13.1 Å². The van der Waals surface area contributed by atoms with Crippen LogP contribution in [0.15, 0.2) is 12.1 Å². The molecule has 2 unspecified atom stereocenters. The molecule has 2 N–H and O–H groups in total. The normalized spacial score (nSPS) is 22.6. The summed E-state index contributed by atoms with van der Waals surface area (Å²) in [6, 6.07) is 3.15. The van der Waals surface area contributed by atoms with Gasteiger partial charge in [-0.25, -0.2) is 9.59 Å². The van der Waals surface area contributed by atoms with E-state index in [9.17, 15) is 14.7 Å². The molecule has 1 fully saturated rings. The molecule has 1 aromatic rings. The number of nitrogens with one attached hydrogen (secondary N) is 1. The summed E-state index contributed by atoms with van der Waals surface area (Å²) in [5.41, 5.74) is 2.85. The topological polar surface area (TPSA) is 88.1 Å². The first-order valence-electron chi connectivity index (χ1n) is 9.62. The zero-order valence-corrected chi connectivity index (χ0v) is 17.5. The molecule has 0 radical (unpaired) electrons. The van der Waals surface area contributed by atoms with Crippen LogP contribution in [0.4, 0.5) is 4.79 Å². The van der Waals surface area contributed by atoms with Crippen LogP contribution < -0.4 is 5.32 Å². The Balaban J connectivity index is 1.92. The number of carbonyl (C=O) groups is 2. The lowest BCUT2D eigenvalue weighted by molar-refractivity contribution is 0.00747. The fraction of sp³-hybridized carbons (Fsp3) is 0.579. The molecule has 28 heavy (non-hydrogen) atoms. The maximum absolute atomic E-state index is 12.7. The van der Waals surface area contributed by atoms with E-state index in [1.165, 1.54) is 0 Å². The van der Waals surface area contributed by atoms with Gasteiger partial charge in [-0.2, -0.15) is 0 Å². The molecule has 2 aliphatic rings. The largest absolute Gasteiger partial charge is 0.457 e. The minimum Gasteiger partial charge on any atom is -0.457 e. The molecule has 3 rings (SSSR count). The third kappa shape index (κ3) is 4.20. The number of carbonyl (C=O) groups excluding carboxylic acids is 2. The summed E-state index contributed by atoms with van der Waals surface area (Å²) < 4.78 is 10.7. The van der Waals surface area contributed by atoms with Gasteiger partial charge < -0.3 is 24.8 Å². The number of nitrogens with zero attached hydrogens (tertiary/aromatic N) is 1. The van der Waals surface area contributed by atoms with Crippen molar-refractivity contribution >= 4 is 27.8 Å². The number of fused-ring (bicyclic) bond motifs is 1. The predicted molar refractivity (Wildman–Crippen MR) is 110 cm³/mol. The molecule has 0 saturated carbocycles. The van der Waals surface area contributed by atoms with Crippen LogP contribution in [0.3, 0.4) is 0 Å². The molecule has 1 amide bonds. The summed E-state index contributed by atoms with van der Waals surface area (Å²) in [4.78, 5) is 26.2. The van der Waals surface area contributed by atoms with Crippen LogP contribution in [-0.2, 0) is 16.1 Å². The maximum atomic E-state index is 12.7. The molecular formula is C19H28B2N2O5. The molecule has 0 aromatic heterocycles. The highest BCUT2D eigenvalue weighted by molar-refractivity contribution is 6.39. The molecular weight excluding hydrogens is 358 g/mol. The number of rotatable bonds is 2. The Morgan fingerprint density at radius 3 is 2.61 bits per heavy atom. The quantitative estimate of drug-likeness (QED) is 0.542. The van der Waals surface area contributed by atoms with Gasteiger partial charge in [-0.05, 0) is 44.9 Å². The molecule has 150 valence electrons. The van der Waals surface area contributed by atoms with Crippen LogP contribution in [0.1, 0.15) is 53.9 Å². The molecule has 2 aliphatic heterocycles. The second-order valence-electron chi connectivity index (χ2n) is 9.19. The SMILES string of the molecule is BC(B)(O)C1CN(C(=O)OC(C)(C)C)CC(c2ccc3c(c2C)COC3=O)N1. The van der Waals surface area contributed by atoms with Gasteiger partial charge in [0.15, 0.2) is 0 Å². The molecule has 2 atom stereocenters. The Bertz CT molecular complexity index is 801. The first-order chi connectivity index (χ1) is 12.9. The summed E-state index contributed by atoms with van der Waals surface area (Å²) in [5.74, 6) is -0.300. The number of cyclic esters (lactones) is 1. The van der Waals surface area contributed by atoms with Gasteiger partial charge in [-0.1, -0.05) is 6.07 Å². The van der Waals surface area contributed by atoms with Crippen molar-refractivity contribution in [3.05, 3.63) is 34.4 Å². The van der Waals surface area contributed by atoms with Crippen molar-refractivity contribution in [2.45, 2.75) is 57.4 Å². The molecule has 0 aliphatic carbocycles. The fourth-order valence-electron chi connectivity index (χ4n) is 3.70. The van der Waals surface area contributed by atoms with E-state index < -0.39 is 17.1 Å². The second kappa shape index (κ2) is 7.12. The van der Waals surface area contributed by atoms with Crippen LogP contribution in [0.25, 0.3) is 0 Å². The van der Waals surface area contributed by atoms with Crippen molar-refractivity contribution in [1.29, 1.82) is 0 Å². The average molecular weight is 386 g/mol. The van der Waals surface area contributed by atoms with Crippen LogP contribution in [0.5, 0.6) is 0 Å². The van der Waals surface area contributed by atoms with E-state index in [0.29, 0.717) is 18.7 Å². The van der Waals surface area contributed by atoms with Gasteiger partial charge in [0.25, 0.3) is 0 Å². The van der Waals surface area contributed by atoms with Gasteiger partial charge in [0.2, 0.25) is 0 Å². The van der Waals surface area contributed by atoms with E-state index in [1.807, 2.05) is 33.8 Å². The first kappa shape index (κ1) is 20.7. The third-order valence-electron chi connectivity index (χ3n) is 5.30. The Morgan fingerprint density at radius 2 is 2.00 bits per heavy atom. The van der Waals surface area contributed by atoms with Crippen molar-refractivity contribution < 1.29 is 24.2 Å². The Hall–Kier alpha value is -1.99. The molecule has 0 spiro atoms. The molecule has 7 nitrogen and oxygen atoms in total. The van der Waals surface area contributed by atoms with E-state index >= 15 is 0 Å². The zero-order valence-electron chi connectivity index (χ0n) is 17.5. The second-order valence-corrected chi connectivity index (χ2v) is 9.19. The Kier molecular flexibility index (Phi) is 5.27. The molecule has 0 bridgehead atoms. The number of ether oxygens (including phenoxy) is 2. The molecule has 2 heterocycles. The number of piperazine rings is 1. The first-order valence-corrected chi connectivity index (χ1v) is 9.62. The highest BCUT2D eigenvalue weighted by Gasteiger charge is 2.39. The lowest BCUT2D eigenvalue weighted by atomic mass is 9.60. The molecule has 1 aromatic carbocycles. The number of esters is 1. The number of amides is 1. The smallest absolute Gasteiger partial charge is 0.410 e. The van der Waals surface area contributed by atoms with Gasteiger partial charge in [0.05, 0.1) is 11.6 Å². The Morgan fingerprint density at radius 1 is 1.32 bits per heavy atom. The molecule has 1 saturated heterocycles. The fourth-order valence-corrected chi connectivity index (χ4v) is 3.70. The molecule has 9 heteroatoms. The van der Waals surface area contributed by atoms with Gasteiger partial charge in [0, 0.05) is 30.1 Å². The predicted octanol–water partition coefficient (Wildman–Crippen LogP) is -0.172. The van der Waals surface area contributed by atoms with E-state index in [4.69, 9.17) is 9.47 Å². The summed E-state index contributed by atoms with van der Waals surface area (Å²) in [7, 11) is 3.45. The standard InChI is InChI=1S/C19H28B2N2O5/c1-10-11(5-6-12-13(10)9-27-16(12)24)14-7-23(17(25)28-18(2,3)4)8-15(22-14)19(20,21)26/h5-6,14-15,22,26H,7-9,20-21H2,1-4H3. The summed E-state index contributed by atoms with van der Waals surface area (Å²) in [5, 5.41) is 13.0. The zero-order chi connectivity index (χ0) is 20.9. The van der Waals surface area contributed by atoms with Gasteiger partial charge >= 0.3 is 12.1 Å². The lowest BCUT2D eigenvalue weighted by Gasteiger charge is -2.44. The number of aliphatic hydroxyl groups is 1. The van der Waals surface area contributed by atoms with Crippen LogP contribution in [-0.4, -0.2) is 67.9 Å². The summed E-state index contributed by atoms with van der Waals surface area (Å²) in [6.07, 6.45) is -0.398. The maximum Gasteiger partial charge on any atom is 0.410 e. The monoisotopic (exact) mass is 386 g/mol. The highest BCUT2D eigenvalue weighted by Crippen LogP contribution is 2.31. The number of hydrogen-bond acceptors (Lipinski definition) is 6. The lowest BCUT2D eigenvalue weighted by Crippen LogP contribution is -2.64. The average Bonchev–Trinajstić information content (AvgIpc) is 2.94. The minimum atomic E-state index is -1.03. The number of benzene rings is 1. The highest BCUT2D eigenvalue weighted by atomic mass is 16.6. The van der Waals surface area contributed by atoms with Gasteiger partial charge in [0.1, 0.15) is 27.9 Å². The van der Waals surface area contributed by atoms with Gasteiger partial charge in [-0.15, -0.1) is 0 Å². The van der Waals surface area contributed by atoms with Gasteiger partial charge in [-0.3, -0.25) is 0 Å².